The molecule has 0 radical (unpaired) electrons. The summed E-state index contributed by atoms with van der Waals surface area (Å²) >= 11 is 0. The number of carbonyl (C=O) groups excluding carboxylic acids is 1. The Balaban J connectivity index is 3.06. The molecule has 1 aromatic carbocycles. The van der Waals surface area contributed by atoms with E-state index in [0.717, 1.165) is 0 Å². The van der Waals surface area contributed by atoms with E-state index in [0.29, 0.717) is 23.5 Å². The Morgan fingerprint density at radius 2 is 2.09 bits per heavy atom. The fraction of sp³-hybridized carbons (Fsp3) is 0.400. The molecular formula is C15H20F2N2O3. The maximum Gasteiger partial charge on any atom is 0.277 e. The second kappa shape index (κ2) is 7.74. The van der Waals surface area contributed by atoms with Gasteiger partial charge < -0.3 is 20.5 Å². The van der Waals surface area contributed by atoms with Crippen LogP contribution in [0.1, 0.15) is 15.9 Å². The number of amides is 1. The third-order valence-electron chi connectivity index (χ3n) is 2.99. The van der Waals surface area contributed by atoms with Crippen molar-refractivity contribution >= 4 is 5.91 Å². The molecule has 0 spiro atoms. The van der Waals surface area contributed by atoms with Crippen molar-refractivity contribution in [3.05, 3.63) is 35.9 Å². The van der Waals surface area contributed by atoms with Gasteiger partial charge in [-0.3, -0.25) is 4.79 Å². The van der Waals surface area contributed by atoms with Crippen LogP contribution in [0.5, 0.6) is 11.5 Å². The van der Waals surface area contributed by atoms with Crippen LogP contribution in [0.25, 0.3) is 0 Å². The Bertz CT molecular complexity index is 548. The lowest BCUT2D eigenvalue weighted by atomic mass is 10.0. The van der Waals surface area contributed by atoms with Crippen LogP contribution in [0.2, 0.25) is 0 Å². The number of nitrogens with one attached hydrogen (secondary N) is 1. The van der Waals surface area contributed by atoms with Crippen LogP contribution < -0.4 is 20.5 Å². The molecule has 0 heterocycles. The van der Waals surface area contributed by atoms with E-state index in [-0.39, 0.29) is 5.56 Å². The number of alkyl halides is 2. The van der Waals surface area contributed by atoms with Crippen molar-refractivity contribution in [1.29, 1.82) is 0 Å². The number of halogens is 2. The Labute approximate surface area is 128 Å². The molecule has 3 N–H and O–H groups in total. The predicted octanol–water partition coefficient (Wildman–Crippen LogP) is 1.76. The molecule has 1 amide bonds. The first-order chi connectivity index (χ1) is 10.4. The molecule has 0 bridgehead atoms. The maximum absolute atomic E-state index is 13.1. The normalized spacial score (nSPS) is 11.0. The summed E-state index contributed by atoms with van der Waals surface area (Å²) in [5.41, 5.74) is 5.80. The lowest BCUT2D eigenvalue weighted by molar-refractivity contribution is 0.0118. The molecule has 22 heavy (non-hydrogen) atoms. The van der Waals surface area contributed by atoms with Gasteiger partial charge in [-0.2, -0.15) is 0 Å². The van der Waals surface area contributed by atoms with E-state index < -0.39 is 24.9 Å². The molecule has 0 unspecified atom stereocenters. The SMILES string of the molecule is C=CCc1cc(C(=O)NCC(F)(F)CN)cc(OC)c1OC. The number of rotatable bonds is 8. The minimum Gasteiger partial charge on any atom is -0.493 e. The van der Waals surface area contributed by atoms with E-state index in [4.69, 9.17) is 15.2 Å². The topological polar surface area (TPSA) is 73.6 Å². The summed E-state index contributed by atoms with van der Waals surface area (Å²) in [6, 6.07) is 2.99. The summed E-state index contributed by atoms with van der Waals surface area (Å²) < 4.78 is 36.6. The van der Waals surface area contributed by atoms with Gasteiger partial charge in [0.1, 0.15) is 0 Å². The number of hydrogen-bond acceptors (Lipinski definition) is 4. The molecule has 0 aliphatic carbocycles. The standard InChI is InChI=1S/C15H20F2N2O3/c1-4-5-10-6-11(7-12(21-2)13(10)22-3)14(20)19-9-15(16,17)8-18/h4,6-7H,1,5,8-9,18H2,2-3H3,(H,19,20). The Hall–Kier alpha value is -2.15. The van der Waals surface area contributed by atoms with Gasteiger partial charge in [0.2, 0.25) is 0 Å². The number of carbonyl (C=O) groups is 1. The van der Waals surface area contributed by atoms with Gasteiger partial charge in [-0.1, -0.05) is 6.08 Å². The average molecular weight is 314 g/mol. The Kier molecular flexibility index (Phi) is 6.30. The third kappa shape index (κ3) is 4.42. The van der Waals surface area contributed by atoms with Crippen LogP contribution in [-0.4, -0.2) is 39.1 Å². The zero-order valence-electron chi connectivity index (χ0n) is 12.6. The summed E-state index contributed by atoms with van der Waals surface area (Å²) in [6.45, 7) is 1.97. The molecule has 0 atom stereocenters. The van der Waals surface area contributed by atoms with Gasteiger partial charge in [0, 0.05) is 11.1 Å². The first-order valence-corrected chi connectivity index (χ1v) is 6.60. The van der Waals surface area contributed by atoms with Crippen molar-refractivity contribution in [3.8, 4) is 11.5 Å². The van der Waals surface area contributed by atoms with Crippen molar-refractivity contribution in [2.45, 2.75) is 12.3 Å². The predicted molar refractivity (Wildman–Crippen MR) is 79.8 cm³/mol. The largest absolute Gasteiger partial charge is 0.493 e. The van der Waals surface area contributed by atoms with Crippen molar-refractivity contribution in [3.63, 3.8) is 0 Å². The van der Waals surface area contributed by atoms with Crippen LogP contribution in [0, 0.1) is 0 Å². The van der Waals surface area contributed by atoms with Gasteiger partial charge >= 0.3 is 0 Å². The summed E-state index contributed by atoms with van der Waals surface area (Å²) in [4.78, 5) is 12.0. The molecule has 0 aromatic heterocycles. The number of methoxy groups -OCH3 is 2. The first-order valence-electron chi connectivity index (χ1n) is 6.60. The van der Waals surface area contributed by atoms with Crippen LogP contribution in [0.15, 0.2) is 24.8 Å². The highest BCUT2D eigenvalue weighted by molar-refractivity contribution is 5.95. The Morgan fingerprint density at radius 1 is 1.41 bits per heavy atom. The van der Waals surface area contributed by atoms with Gasteiger partial charge in [0.05, 0.1) is 27.3 Å². The fourth-order valence-corrected chi connectivity index (χ4v) is 1.87. The van der Waals surface area contributed by atoms with Crippen molar-refractivity contribution in [2.24, 2.45) is 5.73 Å². The molecule has 0 fully saturated rings. The number of nitrogens with two attached hydrogens (primary N) is 1. The van der Waals surface area contributed by atoms with E-state index in [2.05, 4.69) is 11.9 Å². The number of hydrogen-bond donors (Lipinski definition) is 2. The summed E-state index contributed by atoms with van der Waals surface area (Å²) in [7, 11) is 2.91. The molecule has 0 saturated heterocycles. The molecule has 0 saturated carbocycles. The van der Waals surface area contributed by atoms with Crippen molar-refractivity contribution < 1.29 is 23.0 Å². The molecular weight excluding hydrogens is 294 g/mol. The van der Waals surface area contributed by atoms with Crippen LogP contribution in [0.4, 0.5) is 8.78 Å². The van der Waals surface area contributed by atoms with Crippen molar-refractivity contribution in [1.82, 2.24) is 5.32 Å². The lowest BCUT2D eigenvalue weighted by Crippen LogP contribution is -2.41. The van der Waals surface area contributed by atoms with Crippen LogP contribution in [0.3, 0.4) is 0 Å². The van der Waals surface area contributed by atoms with E-state index >= 15 is 0 Å². The van der Waals surface area contributed by atoms with E-state index in [9.17, 15) is 13.6 Å². The summed E-state index contributed by atoms with van der Waals surface area (Å²) in [5.74, 6) is -2.96. The highest BCUT2D eigenvalue weighted by Gasteiger charge is 2.27. The molecule has 1 aromatic rings. The smallest absolute Gasteiger partial charge is 0.277 e. The fourth-order valence-electron chi connectivity index (χ4n) is 1.87. The van der Waals surface area contributed by atoms with E-state index in [1.165, 1.54) is 20.3 Å². The van der Waals surface area contributed by atoms with Gasteiger partial charge in [-0.15, -0.1) is 6.58 Å². The second-order valence-corrected chi connectivity index (χ2v) is 4.61. The van der Waals surface area contributed by atoms with Crippen LogP contribution >= 0.6 is 0 Å². The number of allylic oxidation sites excluding steroid dienone is 1. The Morgan fingerprint density at radius 3 is 2.59 bits per heavy atom. The number of ether oxygens (including phenoxy) is 2. The average Bonchev–Trinajstić information content (AvgIpc) is 2.52. The second-order valence-electron chi connectivity index (χ2n) is 4.61. The lowest BCUT2D eigenvalue weighted by Gasteiger charge is -2.16. The van der Waals surface area contributed by atoms with Gasteiger partial charge in [0.15, 0.2) is 11.5 Å². The van der Waals surface area contributed by atoms with E-state index in [1.54, 1.807) is 12.1 Å². The zero-order valence-corrected chi connectivity index (χ0v) is 12.6. The first kappa shape index (κ1) is 17.9. The molecule has 7 heteroatoms. The molecule has 0 aliphatic rings. The maximum atomic E-state index is 13.1. The molecule has 0 aliphatic heterocycles. The monoisotopic (exact) mass is 314 g/mol. The highest BCUT2D eigenvalue weighted by atomic mass is 19.3. The van der Waals surface area contributed by atoms with Crippen LogP contribution in [-0.2, 0) is 6.42 Å². The minimum absolute atomic E-state index is 0.197. The zero-order chi connectivity index (χ0) is 16.8. The summed E-state index contributed by atoms with van der Waals surface area (Å²) in [5, 5.41) is 2.16. The minimum atomic E-state index is -3.14. The van der Waals surface area contributed by atoms with Crippen molar-refractivity contribution in [2.75, 3.05) is 27.3 Å². The van der Waals surface area contributed by atoms with Gasteiger partial charge in [-0.25, -0.2) is 8.78 Å². The molecule has 5 nitrogen and oxygen atoms in total. The van der Waals surface area contributed by atoms with Gasteiger partial charge in [-0.05, 0) is 18.6 Å². The molecule has 1 rings (SSSR count). The highest BCUT2D eigenvalue weighted by Crippen LogP contribution is 2.33. The molecule has 122 valence electrons. The van der Waals surface area contributed by atoms with Gasteiger partial charge in [0.25, 0.3) is 11.8 Å². The van der Waals surface area contributed by atoms with E-state index in [1.807, 2.05) is 0 Å². The summed E-state index contributed by atoms with van der Waals surface area (Å²) in [6.07, 6.45) is 2.08. The quantitative estimate of drug-likeness (QED) is 0.717. The number of benzene rings is 1. The third-order valence-corrected chi connectivity index (χ3v) is 2.99.